The lowest BCUT2D eigenvalue weighted by Crippen LogP contribution is -2.46. The van der Waals surface area contributed by atoms with Gasteiger partial charge in [-0.05, 0) is 12.1 Å². The summed E-state index contributed by atoms with van der Waals surface area (Å²) in [5.41, 5.74) is 2.26. The number of para-hydroxylation sites is 2. The monoisotopic (exact) mass is 297 g/mol. The molecular weight excluding hydrogens is 278 g/mol. The Labute approximate surface area is 128 Å². The Kier molecular flexibility index (Phi) is 3.18. The molecule has 6 nitrogen and oxygen atoms in total. The standard InChI is InChI=1S/C16H19N5O/c1-11(2)16-18-15(22-19-16)9-20-7-12(8-20)21-10-17-13-5-3-4-6-14(13)21/h3-6,10-12H,7-9H2,1-2H3. The van der Waals surface area contributed by atoms with E-state index < -0.39 is 0 Å². The summed E-state index contributed by atoms with van der Waals surface area (Å²) in [4.78, 5) is 11.2. The summed E-state index contributed by atoms with van der Waals surface area (Å²) in [6.07, 6.45) is 1.94. The molecule has 0 saturated carbocycles. The fourth-order valence-corrected chi connectivity index (χ4v) is 2.87. The van der Waals surface area contributed by atoms with Gasteiger partial charge in [-0.3, -0.25) is 4.90 Å². The van der Waals surface area contributed by atoms with Crippen molar-refractivity contribution >= 4 is 11.0 Å². The SMILES string of the molecule is CC(C)c1noc(CN2CC(n3cnc4ccccc43)C2)n1. The summed E-state index contributed by atoms with van der Waals surface area (Å²) in [6.45, 7) is 6.83. The Morgan fingerprint density at radius 2 is 2.09 bits per heavy atom. The van der Waals surface area contributed by atoms with E-state index in [1.54, 1.807) is 0 Å². The van der Waals surface area contributed by atoms with Crippen LogP contribution in [0.5, 0.6) is 0 Å². The Hall–Kier alpha value is -2.21. The highest BCUT2D eigenvalue weighted by molar-refractivity contribution is 5.75. The van der Waals surface area contributed by atoms with Crippen molar-refractivity contribution in [1.29, 1.82) is 0 Å². The van der Waals surface area contributed by atoms with Crippen LogP contribution in [0.4, 0.5) is 0 Å². The minimum absolute atomic E-state index is 0.305. The average molecular weight is 297 g/mol. The fourth-order valence-electron chi connectivity index (χ4n) is 2.87. The van der Waals surface area contributed by atoms with Crippen molar-refractivity contribution in [3.63, 3.8) is 0 Å². The Bertz CT molecular complexity index is 785. The quantitative estimate of drug-likeness (QED) is 0.741. The number of fused-ring (bicyclic) bond motifs is 1. The first-order valence-electron chi connectivity index (χ1n) is 7.67. The molecule has 6 heteroatoms. The molecule has 0 spiro atoms. The number of benzene rings is 1. The van der Waals surface area contributed by atoms with Crippen LogP contribution in [0.25, 0.3) is 11.0 Å². The van der Waals surface area contributed by atoms with Crippen molar-refractivity contribution in [2.75, 3.05) is 13.1 Å². The van der Waals surface area contributed by atoms with E-state index in [1.165, 1.54) is 5.52 Å². The zero-order valence-corrected chi connectivity index (χ0v) is 12.8. The second-order valence-electron chi connectivity index (χ2n) is 6.19. The number of aromatic nitrogens is 4. The summed E-state index contributed by atoms with van der Waals surface area (Å²) in [5, 5.41) is 4.01. The van der Waals surface area contributed by atoms with Gasteiger partial charge in [0.15, 0.2) is 5.82 Å². The normalized spacial score (nSPS) is 16.5. The summed E-state index contributed by atoms with van der Waals surface area (Å²) in [6, 6.07) is 8.73. The molecule has 0 bridgehead atoms. The summed E-state index contributed by atoms with van der Waals surface area (Å²) in [5.74, 6) is 1.80. The van der Waals surface area contributed by atoms with E-state index in [4.69, 9.17) is 4.52 Å². The molecule has 1 fully saturated rings. The maximum atomic E-state index is 5.31. The predicted octanol–water partition coefficient (Wildman–Crippen LogP) is 2.60. The largest absolute Gasteiger partial charge is 0.338 e. The van der Waals surface area contributed by atoms with Gasteiger partial charge in [-0.25, -0.2) is 4.98 Å². The molecule has 1 aliphatic rings. The number of likely N-dealkylation sites (tertiary alicyclic amines) is 1. The lowest BCUT2D eigenvalue weighted by atomic mass is 10.1. The minimum Gasteiger partial charge on any atom is -0.338 e. The summed E-state index contributed by atoms with van der Waals surface area (Å²) < 4.78 is 7.57. The van der Waals surface area contributed by atoms with Gasteiger partial charge in [0.25, 0.3) is 0 Å². The fraction of sp³-hybridized carbons (Fsp3) is 0.438. The molecule has 1 saturated heterocycles. The summed E-state index contributed by atoms with van der Waals surface area (Å²) in [7, 11) is 0. The van der Waals surface area contributed by atoms with Crippen molar-refractivity contribution in [3.8, 4) is 0 Å². The second-order valence-corrected chi connectivity index (χ2v) is 6.19. The van der Waals surface area contributed by atoms with Gasteiger partial charge in [0, 0.05) is 19.0 Å². The first-order chi connectivity index (χ1) is 10.7. The highest BCUT2D eigenvalue weighted by Gasteiger charge is 2.30. The molecule has 3 heterocycles. The number of nitrogens with zero attached hydrogens (tertiary/aromatic N) is 5. The molecule has 0 radical (unpaired) electrons. The third-order valence-electron chi connectivity index (χ3n) is 4.17. The first kappa shape index (κ1) is 13.5. The van der Waals surface area contributed by atoms with E-state index in [-0.39, 0.29) is 0 Å². The van der Waals surface area contributed by atoms with E-state index in [0.29, 0.717) is 17.9 Å². The zero-order valence-electron chi connectivity index (χ0n) is 12.8. The maximum absolute atomic E-state index is 5.31. The zero-order chi connectivity index (χ0) is 15.1. The molecular formula is C16H19N5O. The van der Waals surface area contributed by atoms with Crippen LogP contribution >= 0.6 is 0 Å². The maximum Gasteiger partial charge on any atom is 0.240 e. The topological polar surface area (TPSA) is 60.0 Å². The van der Waals surface area contributed by atoms with E-state index in [9.17, 15) is 0 Å². The van der Waals surface area contributed by atoms with Crippen molar-refractivity contribution in [2.45, 2.75) is 32.4 Å². The predicted molar refractivity (Wildman–Crippen MR) is 82.4 cm³/mol. The van der Waals surface area contributed by atoms with Gasteiger partial charge >= 0.3 is 0 Å². The van der Waals surface area contributed by atoms with Crippen LogP contribution in [-0.4, -0.2) is 37.7 Å². The third kappa shape index (κ3) is 2.29. The molecule has 3 aromatic rings. The van der Waals surface area contributed by atoms with Crippen LogP contribution in [0.15, 0.2) is 35.1 Å². The van der Waals surface area contributed by atoms with Gasteiger partial charge in [0.1, 0.15) is 0 Å². The molecule has 0 aliphatic carbocycles. The van der Waals surface area contributed by atoms with Gasteiger partial charge < -0.3 is 9.09 Å². The summed E-state index contributed by atoms with van der Waals surface area (Å²) >= 11 is 0. The number of rotatable bonds is 4. The molecule has 0 unspecified atom stereocenters. The molecule has 1 aromatic carbocycles. The molecule has 0 atom stereocenters. The van der Waals surface area contributed by atoms with Gasteiger partial charge in [0.05, 0.1) is 29.9 Å². The van der Waals surface area contributed by atoms with Crippen LogP contribution in [-0.2, 0) is 6.54 Å². The molecule has 1 aliphatic heterocycles. The van der Waals surface area contributed by atoms with Crippen LogP contribution in [0, 0.1) is 0 Å². The lowest BCUT2D eigenvalue weighted by molar-refractivity contribution is 0.0883. The molecule has 4 rings (SSSR count). The van der Waals surface area contributed by atoms with Crippen LogP contribution in [0.2, 0.25) is 0 Å². The highest BCUT2D eigenvalue weighted by Crippen LogP contribution is 2.26. The Morgan fingerprint density at radius 3 is 2.86 bits per heavy atom. The van der Waals surface area contributed by atoms with Gasteiger partial charge in [-0.2, -0.15) is 4.98 Å². The lowest BCUT2D eigenvalue weighted by Gasteiger charge is -2.39. The van der Waals surface area contributed by atoms with Gasteiger partial charge in [0.2, 0.25) is 5.89 Å². The van der Waals surface area contributed by atoms with Crippen LogP contribution < -0.4 is 0 Å². The third-order valence-corrected chi connectivity index (χ3v) is 4.17. The number of imidazole rings is 1. The van der Waals surface area contributed by atoms with Crippen molar-refractivity contribution in [3.05, 3.63) is 42.3 Å². The molecule has 114 valence electrons. The average Bonchev–Trinajstić information content (AvgIpc) is 3.09. The molecule has 0 N–H and O–H groups in total. The van der Waals surface area contributed by atoms with E-state index in [1.807, 2.05) is 18.5 Å². The van der Waals surface area contributed by atoms with E-state index in [0.717, 1.165) is 31.0 Å². The molecule has 2 aromatic heterocycles. The Morgan fingerprint density at radius 1 is 1.27 bits per heavy atom. The second kappa shape index (κ2) is 5.21. The number of hydrogen-bond donors (Lipinski definition) is 0. The highest BCUT2D eigenvalue weighted by atomic mass is 16.5. The van der Waals surface area contributed by atoms with Crippen LogP contribution in [0.3, 0.4) is 0 Å². The van der Waals surface area contributed by atoms with Crippen LogP contribution in [0.1, 0.15) is 37.5 Å². The smallest absolute Gasteiger partial charge is 0.240 e. The molecule has 0 amide bonds. The van der Waals surface area contributed by atoms with E-state index >= 15 is 0 Å². The van der Waals surface area contributed by atoms with E-state index in [2.05, 4.69) is 50.6 Å². The first-order valence-corrected chi connectivity index (χ1v) is 7.67. The van der Waals surface area contributed by atoms with Gasteiger partial charge in [-0.1, -0.05) is 31.1 Å². The van der Waals surface area contributed by atoms with Crippen molar-refractivity contribution in [1.82, 2.24) is 24.6 Å². The minimum atomic E-state index is 0.305. The van der Waals surface area contributed by atoms with Crippen molar-refractivity contribution < 1.29 is 4.52 Å². The molecule has 22 heavy (non-hydrogen) atoms. The van der Waals surface area contributed by atoms with Crippen molar-refractivity contribution in [2.24, 2.45) is 0 Å². The Balaban J connectivity index is 1.41. The number of hydrogen-bond acceptors (Lipinski definition) is 5. The van der Waals surface area contributed by atoms with Gasteiger partial charge in [-0.15, -0.1) is 0 Å².